The number of nitrogens with one attached hydrogen (secondary N) is 2. The molecule has 6 heteroatoms. The number of rotatable bonds is 5. The number of hydrogen-bond acceptors (Lipinski definition) is 5. The van der Waals surface area contributed by atoms with Gasteiger partial charge >= 0.3 is 0 Å². The molecule has 0 unspecified atom stereocenters. The Kier molecular flexibility index (Phi) is 4.68. The van der Waals surface area contributed by atoms with Crippen LogP contribution in [0, 0.1) is 6.92 Å². The molecule has 1 aromatic carbocycles. The van der Waals surface area contributed by atoms with Crippen LogP contribution in [0.4, 0.5) is 17.3 Å². The Morgan fingerprint density at radius 2 is 1.78 bits per heavy atom. The average molecular weight is 326 g/mol. The maximum absolute atomic E-state index is 6.04. The van der Waals surface area contributed by atoms with E-state index in [1.54, 1.807) is 12.4 Å². The van der Waals surface area contributed by atoms with Crippen LogP contribution < -0.4 is 10.6 Å². The topological polar surface area (TPSA) is 62.7 Å². The largest absolute Gasteiger partial charge is 0.366 e. The number of aromatic nitrogens is 3. The highest BCUT2D eigenvalue weighted by Gasteiger charge is 2.03. The number of pyridine rings is 1. The number of nitrogens with zero attached hydrogens (tertiary/aromatic N) is 3. The molecule has 0 atom stereocenters. The van der Waals surface area contributed by atoms with E-state index in [0.717, 1.165) is 22.6 Å². The summed E-state index contributed by atoms with van der Waals surface area (Å²) >= 11 is 6.04. The average Bonchev–Trinajstić information content (AvgIpc) is 2.58. The monoisotopic (exact) mass is 325 g/mol. The summed E-state index contributed by atoms with van der Waals surface area (Å²) in [6.45, 7) is 2.69. The first-order valence-corrected chi connectivity index (χ1v) is 7.56. The maximum atomic E-state index is 6.04. The number of halogens is 1. The lowest BCUT2D eigenvalue weighted by atomic mass is 10.2. The highest BCUT2D eigenvalue weighted by molar-refractivity contribution is 6.30. The summed E-state index contributed by atoms with van der Waals surface area (Å²) in [6.07, 6.45) is 5.06. The Morgan fingerprint density at radius 3 is 2.61 bits per heavy atom. The van der Waals surface area contributed by atoms with Gasteiger partial charge in [0.15, 0.2) is 0 Å². The van der Waals surface area contributed by atoms with Crippen molar-refractivity contribution in [1.82, 2.24) is 15.0 Å². The van der Waals surface area contributed by atoms with E-state index in [0.29, 0.717) is 17.4 Å². The molecule has 3 rings (SSSR count). The number of hydrogen-bond donors (Lipinski definition) is 2. The first-order chi connectivity index (χ1) is 11.2. The molecule has 0 saturated carbocycles. The van der Waals surface area contributed by atoms with E-state index in [4.69, 9.17) is 11.6 Å². The molecule has 0 fully saturated rings. The fourth-order valence-electron chi connectivity index (χ4n) is 2.08. The minimum absolute atomic E-state index is 0.676. The van der Waals surface area contributed by atoms with Crippen LogP contribution in [0.15, 0.2) is 55.1 Å². The van der Waals surface area contributed by atoms with E-state index in [2.05, 4.69) is 25.6 Å². The maximum Gasteiger partial charge on any atom is 0.135 e. The van der Waals surface area contributed by atoms with Crippen molar-refractivity contribution < 1.29 is 0 Å². The molecule has 116 valence electrons. The van der Waals surface area contributed by atoms with Crippen molar-refractivity contribution in [2.75, 3.05) is 10.6 Å². The van der Waals surface area contributed by atoms with Crippen molar-refractivity contribution in [1.29, 1.82) is 0 Å². The zero-order valence-electron chi connectivity index (χ0n) is 12.6. The Balaban J connectivity index is 1.71. The zero-order valence-corrected chi connectivity index (χ0v) is 13.4. The number of benzene rings is 1. The van der Waals surface area contributed by atoms with Gasteiger partial charge in [0.1, 0.15) is 18.0 Å². The third-order valence-corrected chi connectivity index (χ3v) is 3.59. The molecule has 0 bridgehead atoms. The second-order valence-electron chi connectivity index (χ2n) is 5.08. The van der Waals surface area contributed by atoms with Gasteiger partial charge in [-0.2, -0.15) is 0 Å². The standard InChI is InChI=1S/C17H16ClN5/c1-12-2-3-14(18)8-15(12)23-17-9-16(21-11-22-17)20-10-13-4-6-19-7-5-13/h2-9,11H,10H2,1H3,(H2,20,21,22,23). The van der Waals surface area contributed by atoms with Crippen LogP contribution in [-0.4, -0.2) is 15.0 Å². The molecule has 0 aliphatic carbocycles. The minimum Gasteiger partial charge on any atom is -0.366 e. The van der Waals surface area contributed by atoms with Crippen LogP contribution in [-0.2, 0) is 6.54 Å². The van der Waals surface area contributed by atoms with Gasteiger partial charge in [-0.1, -0.05) is 17.7 Å². The molecular formula is C17H16ClN5. The third-order valence-electron chi connectivity index (χ3n) is 3.35. The van der Waals surface area contributed by atoms with Crippen LogP contribution in [0.2, 0.25) is 5.02 Å². The van der Waals surface area contributed by atoms with Gasteiger partial charge in [0, 0.05) is 35.7 Å². The summed E-state index contributed by atoms with van der Waals surface area (Å²) in [5.74, 6) is 1.46. The van der Waals surface area contributed by atoms with Gasteiger partial charge in [-0.05, 0) is 42.3 Å². The lowest BCUT2D eigenvalue weighted by Gasteiger charge is -2.11. The van der Waals surface area contributed by atoms with Crippen molar-refractivity contribution in [2.24, 2.45) is 0 Å². The molecule has 2 aromatic heterocycles. The summed E-state index contributed by atoms with van der Waals surface area (Å²) in [4.78, 5) is 12.5. The molecular weight excluding hydrogens is 310 g/mol. The molecule has 0 spiro atoms. The minimum atomic E-state index is 0.676. The van der Waals surface area contributed by atoms with Gasteiger partial charge in [0.2, 0.25) is 0 Å². The third kappa shape index (κ3) is 4.17. The predicted molar refractivity (Wildman–Crippen MR) is 93.1 cm³/mol. The zero-order chi connectivity index (χ0) is 16.1. The van der Waals surface area contributed by atoms with Crippen LogP contribution in [0.5, 0.6) is 0 Å². The van der Waals surface area contributed by atoms with Gasteiger partial charge < -0.3 is 10.6 Å². The second kappa shape index (κ2) is 7.07. The lowest BCUT2D eigenvalue weighted by Crippen LogP contribution is -2.03. The first kappa shape index (κ1) is 15.2. The fraction of sp³-hybridized carbons (Fsp3) is 0.118. The van der Waals surface area contributed by atoms with Crippen molar-refractivity contribution in [3.05, 3.63) is 71.3 Å². The first-order valence-electron chi connectivity index (χ1n) is 7.19. The van der Waals surface area contributed by atoms with E-state index in [-0.39, 0.29) is 0 Å². The molecule has 23 heavy (non-hydrogen) atoms. The summed E-state index contributed by atoms with van der Waals surface area (Å²) in [6, 6.07) is 11.5. The van der Waals surface area contributed by atoms with Crippen LogP contribution in [0.25, 0.3) is 0 Å². The molecule has 5 nitrogen and oxygen atoms in total. The quantitative estimate of drug-likeness (QED) is 0.736. The predicted octanol–water partition coefficient (Wildman–Crippen LogP) is 4.19. The van der Waals surface area contributed by atoms with E-state index >= 15 is 0 Å². The van der Waals surface area contributed by atoms with Gasteiger partial charge in [0.25, 0.3) is 0 Å². The molecule has 0 saturated heterocycles. The van der Waals surface area contributed by atoms with E-state index in [1.165, 1.54) is 6.33 Å². The molecule has 3 aromatic rings. The fourth-order valence-corrected chi connectivity index (χ4v) is 2.25. The Hall–Kier alpha value is -2.66. The molecule has 2 N–H and O–H groups in total. The van der Waals surface area contributed by atoms with Crippen molar-refractivity contribution in [2.45, 2.75) is 13.5 Å². The Labute approximate surface area is 139 Å². The van der Waals surface area contributed by atoms with Crippen LogP contribution in [0.3, 0.4) is 0 Å². The van der Waals surface area contributed by atoms with E-state index in [1.807, 2.05) is 43.3 Å². The smallest absolute Gasteiger partial charge is 0.135 e. The van der Waals surface area contributed by atoms with Crippen LogP contribution >= 0.6 is 11.6 Å². The van der Waals surface area contributed by atoms with Crippen molar-refractivity contribution >= 4 is 28.9 Å². The Morgan fingerprint density at radius 1 is 1.00 bits per heavy atom. The highest BCUT2D eigenvalue weighted by atomic mass is 35.5. The number of anilines is 3. The summed E-state index contributed by atoms with van der Waals surface area (Å²) in [5.41, 5.74) is 3.16. The Bertz CT molecular complexity index is 792. The van der Waals surface area contributed by atoms with Gasteiger partial charge in [0.05, 0.1) is 0 Å². The van der Waals surface area contributed by atoms with Gasteiger partial charge in [-0.15, -0.1) is 0 Å². The summed E-state index contributed by atoms with van der Waals surface area (Å²) in [5, 5.41) is 7.22. The van der Waals surface area contributed by atoms with Crippen molar-refractivity contribution in [3.8, 4) is 0 Å². The number of aryl methyl sites for hydroxylation is 1. The van der Waals surface area contributed by atoms with Gasteiger partial charge in [-0.3, -0.25) is 4.98 Å². The molecule has 2 heterocycles. The van der Waals surface area contributed by atoms with Crippen molar-refractivity contribution in [3.63, 3.8) is 0 Å². The SMILES string of the molecule is Cc1ccc(Cl)cc1Nc1cc(NCc2ccncc2)ncn1. The highest BCUT2D eigenvalue weighted by Crippen LogP contribution is 2.23. The summed E-state index contributed by atoms with van der Waals surface area (Å²) < 4.78 is 0. The normalized spacial score (nSPS) is 10.3. The lowest BCUT2D eigenvalue weighted by molar-refractivity contribution is 1.07. The molecule has 0 aliphatic heterocycles. The molecule has 0 radical (unpaired) electrons. The summed E-state index contributed by atoms with van der Waals surface area (Å²) in [7, 11) is 0. The molecule has 0 aliphatic rings. The van der Waals surface area contributed by atoms with Gasteiger partial charge in [-0.25, -0.2) is 9.97 Å². The van der Waals surface area contributed by atoms with E-state index in [9.17, 15) is 0 Å². The second-order valence-corrected chi connectivity index (χ2v) is 5.52. The van der Waals surface area contributed by atoms with Crippen LogP contribution in [0.1, 0.15) is 11.1 Å². The van der Waals surface area contributed by atoms with E-state index < -0.39 is 0 Å². The molecule has 0 amide bonds.